The van der Waals surface area contributed by atoms with E-state index in [-0.39, 0.29) is 41.4 Å². The van der Waals surface area contributed by atoms with Gasteiger partial charge in [-0.05, 0) is 61.6 Å². The van der Waals surface area contributed by atoms with E-state index >= 15 is 0 Å². The fourth-order valence-corrected chi connectivity index (χ4v) is 4.76. The van der Waals surface area contributed by atoms with Crippen molar-refractivity contribution in [3.63, 3.8) is 0 Å². The van der Waals surface area contributed by atoms with Crippen LogP contribution in [0.3, 0.4) is 0 Å². The smallest absolute Gasteiger partial charge is 0.255 e. The molecule has 5 heteroatoms. The van der Waals surface area contributed by atoms with Gasteiger partial charge in [-0.25, -0.2) is 0 Å². The Balaban J connectivity index is 1.34. The Hall–Kier alpha value is -3.21. The first-order chi connectivity index (χ1) is 13.5. The molecule has 140 valence electrons. The van der Waals surface area contributed by atoms with Gasteiger partial charge in [-0.2, -0.15) is 0 Å². The third-order valence-electron chi connectivity index (χ3n) is 6.17. The summed E-state index contributed by atoms with van der Waals surface area (Å²) in [6.45, 7) is 1.99. The maximum atomic E-state index is 12.9. The summed E-state index contributed by atoms with van der Waals surface area (Å²) in [4.78, 5) is 39.5. The highest BCUT2D eigenvalue weighted by molar-refractivity contribution is 6.23. The van der Waals surface area contributed by atoms with Gasteiger partial charge < -0.3 is 5.32 Å². The normalized spacial score (nSPS) is 27.4. The van der Waals surface area contributed by atoms with Gasteiger partial charge in [0.25, 0.3) is 5.91 Å². The van der Waals surface area contributed by atoms with Gasteiger partial charge in [-0.1, -0.05) is 29.8 Å². The third kappa shape index (κ3) is 2.50. The van der Waals surface area contributed by atoms with Gasteiger partial charge in [0.1, 0.15) is 0 Å². The lowest BCUT2D eigenvalue weighted by atomic mass is 9.85. The number of hydrogen-bond acceptors (Lipinski definition) is 3. The molecular weight excluding hydrogens is 352 g/mol. The van der Waals surface area contributed by atoms with E-state index < -0.39 is 0 Å². The highest BCUT2D eigenvalue weighted by atomic mass is 16.2. The predicted octanol–water partition coefficient (Wildman–Crippen LogP) is 3.56. The number of imide groups is 1. The molecule has 1 heterocycles. The number of nitrogens with zero attached hydrogens (tertiary/aromatic N) is 1. The number of rotatable bonds is 3. The molecule has 1 aliphatic heterocycles. The fourth-order valence-electron chi connectivity index (χ4n) is 4.76. The van der Waals surface area contributed by atoms with E-state index in [0.29, 0.717) is 11.3 Å². The maximum Gasteiger partial charge on any atom is 0.255 e. The zero-order valence-electron chi connectivity index (χ0n) is 15.5. The minimum atomic E-state index is -0.228. The number of nitrogens with one attached hydrogen (secondary N) is 1. The zero-order chi connectivity index (χ0) is 19.4. The van der Waals surface area contributed by atoms with Crippen molar-refractivity contribution in [1.29, 1.82) is 0 Å². The van der Waals surface area contributed by atoms with Crippen molar-refractivity contribution in [2.45, 2.75) is 13.3 Å². The molecule has 3 aliphatic rings. The van der Waals surface area contributed by atoms with E-state index in [0.717, 1.165) is 17.7 Å². The Morgan fingerprint density at radius 1 is 0.893 bits per heavy atom. The van der Waals surface area contributed by atoms with E-state index in [1.807, 2.05) is 31.2 Å². The Morgan fingerprint density at radius 2 is 1.46 bits per heavy atom. The lowest BCUT2D eigenvalue weighted by Crippen LogP contribution is -2.32. The molecule has 28 heavy (non-hydrogen) atoms. The average Bonchev–Trinajstić information content (AvgIpc) is 3.38. The van der Waals surface area contributed by atoms with Gasteiger partial charge in [-0.3, -0.25) is 19.3 Å². The molecule has 2 fully saturated rings. The van der Waals surface area contributed by atoms with Gasteiger partial charge in [0.2, 0.25) is 11.8 Å². The molecule has 0 aromatic heterocycles. The zero-order valence-corrected chi connectivity index (χ0v) is 15.5. The van der Waals surface area contributed by atoms with Gasteiger partial charge in [0.15, 0.2) is 0 Å². The molecule has 2 aromatic rings. The summed E-state index contributed by atoms with van der Waals surface area (Å²) in [6.07, 6.45) is 5.08. The molecule has 2 bridgehead atoms. The van der Waals surface area contributed by atoms with Crippen LogP contribution in [0.15, 0.2) is 60.7 Å². The minimum absolute atomic E-state index is 0.108. The number of aryl methyl sites for hydroxylation is 1. The standard InChI is InChI=1S/C23H20N2O3/c1-13-2-8-17(9-3-13)24-21(26)14-6-10-18(11-7-14)25-22(27)19-15-4-5-16(12-15)20(19)23(25)28/h2-11,15-16,19-20H,12H2,1H3,(H,24,26)/t15-,16+,19+,20-. The first-order valence-corrected chi connectivity index (χ1v) is 9.57. The van der Waals surface area contributed by atoms with Gasteiger partial charge in [0.05, 0.1) is 17.5 Å². The quantitative estimate of drug-likeness (QED) is 0.662. The van der Waals surface area contributed by atoms with Gasteiger partial charge >= 0.3 is 0 Å². The van der Waals surface area contributed by atoms with E-state index in [2.05, 4.69) is 17.5 Å². The third-order valence-corrected chi connectivity index (χ3v) is 6.17. The highest BCUT2D eigenvalue weighted by Crippen LogP contribution is 2.53. The van der Waals surface area contributed by atoms with Crippen LogP contribution in [0.5, 0.6) is 0 Å². The molecule has 0 radical (unpaired) electrons. The second-order valence-corrected chi connectivity index (χ2v) is 7.88. The first kappa shape index (κ1) is 16.9. The van der Waals surface area contributed by atoms with Crippen LogP contribution in [-0.4, -0.2) is 17.7 Å². The number of carbonyl (C=O) groups excluding carboxylic acids is 3. The molecule has 0 spiro atoms. The second kappa shape index (κ2) is 6.16. The first-order valence-electron chi connectivity index (χ1n) is 9.57. The van der Waals surface area contributed by atoms with Crippen LogP contribution in [0.2, 0.25) is 0 Å². The van der Waals surface area contributed by atoms with E-state index in [4.69, 9.17) is 0 Å². The van der Waals surface area contributed by atoms with Crippen molar-refractivity contribution in [2.75, 3.05) is 10.2 Å². The number of hydrogen-bond donors (Lipinski definition) is 1. The summed E-state index contributed by atoms with van der Waals surface area (Å²) in [6, 6.07) is 14.2. The fraction of sp³-hybridized carbons (Fsp3) is 0.261. The number of allylic oxidation sites excluding steroid dienone is 2. The van der Waals surface area contributed by atoms with Crippen LogP contribution >= 0.6 is 0 Å². The van der Waals surface area contributed by atoms with Crippen molar-refractivity contribution in [2.24, 2.45) is 23.7 Å². The lowest BCUT2D eigenvalue weighted by molar-refractivity contribution is -0.123. The lowest BCUT2D eigenvalue weighted by Gasteiger charge is -2.17. The summed E-state index contributed by atoms with van der Waals surface area (Å²) in [5.41, 5.74) is 2.86. The van der Waals surface area contributed by atoms with Gasteiger partial charge in [-0.15, -0.1) is 0 Å². The van der Waals surface area contributed by atoms with E-state index in [1.165, 1.54) is 4.90 Å². The number of carbonyl (C=O) groups is 3. The molecule has 5 rings (SSSR count). The summed E-state index contributed by atoms with van der Waals surface area (Å²) >= 11 is 0. The minimum Gasteiger partial charge on any atom is -0.322 e. The van der Waals surface area contributed by atoms with Crippen LogP contribution in [0.25, 0.3) is 0 Å². The molecular formula is C23H20N2O3. The Labute approximate surface area is 163 Å². The largest absolute Gasteiger partial charge is 0.322 e. The van der Waals surface area contributed by atoms with Crippen LogP contribution in [-0.2, 0) is 9.59 Å². The maximum absolute atomic E-state index is 12.9. The number of amides is 3. The molecule has 5 nitrogen and oxygen atoms in total. The number of anilines is 2. The van der Waals surface area contributed by atoms with E-state index in [1.54, 1.807) is 24.3 Å². The van der Waals surface area contributed by atoms with Crippen molar-refractivity contribution in [3.8, 4) is 0 Å². The van der Waals surface area contributed by atoms with Crippen molar-refractivity contribution >= 4 is 29.1 Å². The van der Waals surface area contributed by atoms with Crippen molar-refractivity contribution < 1.29 is 14.4 Å². The summed E-state index contributed by atoms with van der Waals surface area (Å²) in [7, 11) is 0. The Bertz CT molecular complexity index is 977. The van der Waals surface area contributed by atoms with Crippen LogP contribution in [0.1, 0.15) is 22.3 Å². The Morgan fingerprint density at radius 3 is 2.04 bits per heavy atom. The van der Waals surface area contributed by atoms with Crippen molar-refractivity contribution in [3.05, 3.63) is 71.8 Å². The molecule has 2 aromatic carbocycles. The molecule has 1 N–H and O–H groups in total. The molecule has 1 saturated heterocycles. The summed E-state index contributed by atoms with van der Waals surface area (Å²) < 4.78 is 0. The SMILES string of the molecule is Cc1ccc(NC(=O)c2ccc(N3C(=O)[C@@H]4[C@H](C3=O)[C@H]3C=C[C@@H]4C3)cc2)cc1. The Kier molecular flexibility index (Phi) is 3.72. The monoisotopic (exact) mass is 372 g/mol. The molecule has 4 atom stereocenters. The van der Waals surface area contributed by atoms with Crippen molar-refractivity contribution in [1.82, 2.24) is 0 Å². The average molecular weight is 372 g/mol. The highest BCUT2D eigenvalue weighted by Gasteiger charge is 2.59. The summed E-state index contributed by atoms with van der Waals surface area (Å²) in [5.74, 6) is -0.493. The van der Waals surface area contributed by atoms with Crippen LogP contribution < -0.4 is 10.2 Å². The van der Waals surface area contributed by atoms with Crippen LogP contribution in [0, 0.1) is 30.6 Å². The topological polar surface area (TPSA) is 66.5 Å². The van der Waals surface area contributed by atoms with Crippen LogP contribution in [0.4, 0.5) is 11.4 Å². The summed E-state index contributed by atoms with van der Waals surface area (Å²) in [5, 5.41) is 2.85. The van der Waals surface area contributed by atoms with Gasteiger partial charge in [0, 0.05) is 11.3 Å². The molecule has 2 aliphatic carbocycles. The molecule has 1 saturated carbocycles. The molecule has 3 amide bonds. The van der Waals surface area contributed by atoms with E-state index in [9.17, 15) is 14.4 Å². The number of fused-ring (bicyclic) bond motifs is 5. The second-order valence-electron chi connectivity index (χ2n) is 7.88. The number of benzene rings is 2. The molecule has 0 unspecified atom stereocenters. The predicted molar refractivity (Wildman–Crippen MR) is 106 cm³/mol.